The Hall–Kier alpha value is -2.82. The third-order valence-corrected chi connectivity index (χ3v) is 2.65. The molecule has 0 saturated heterocycles. The molecule has 0 heterocycles. The third-order valence-electron chi connectivity index (χ3n) is 2.65. The number of carbonyl (C=O) groups excluding carboxylic acids is 2. The second-order valence-corrected chi connectivity index (χ2v) is 4.30. The predicted octanol–water partition coefficient (Wildman–Crippen LogP) is 2.61. The summed E-state index contributed by atoms with van der Waals surface area (Å²) in [6.07, 6.45) is -0.722. The zero-order valence-electron chi connectivity index (χ0n) is 11.3. The maximum atomic E-state index is 11.5. The molecule has 1 N–H and O–H groups in total. The highest BCUT2D eigenvalue weighted by Crippen LogP contribution is 2.01. The fraction of sp³-hybridized carbons (Fsp3) is 0.125. The third kappa shape index (κ3) is 5.36. The van der Waals surface area contributed by atoms with E-state index in [0.29, 0.717) is 0 Å². The van der Waals surface area contributed by atoms with Crippen molar-refractivity contribution in [3.05, 3.63) is 71.8 Å². The molecule has 1 amide bonds. The molecule has 0 radical (unpaired) electrons. The molecule has 0 saturated carbocycles. The number of benzene rings is 2. The van der Waals surface area contributed by atoms with E-state index in [1.807, 2.05) is 54.0 Å². The number of hydroxylamine groups is 1. The van der Waals surface area contributed by atoms with Crippen LogP contribution in [0.2, 0.25) is 0 Å². The highest BCUT2D eigenvalue weighted by molar-refractivity contribution is 5.75. The number of rotatable bonds is 4. The molecule has 5 heteroatoms. The summed E-state index contributed by atoms with van der Waals surface area (Å²) in [5.74, 6) is -0.558. The SMILES string of the molecule is O=C(Cc1ccccc1)ONC(=O)OCc1ccccc1. The first-order chi connectivity index (χ1) is 10.2. The molecule has 0 aromatic heterocycles. The minimum Gasteiger partial charge on any atom is -0.443 e. The van der Waals surface area contributed by atoms with Crippen LogP contribution >= 0.6 is 0 Å². The van der Waals surface area contributed by atoms with Crippen LogP contribution in [0.25, 0.3) is 0 Å². The van der Waals surface area contributed by atoms with Gasteiger partial charge in [0, 0.05) is 0 Å². The second-order valence-electron chi connectivity index (χ2n) is 4.30. The molecule has 0 unspecified atom stereocenters. The van der Waals surface area contributed by atoms with Crippen molar-refractivity contribution < 1.29 is 19.2 Å². The van der Waals surface area contributed by atoms with E-state index in [0.717, 1.165) is 11.1 Å². The largest absolute Gasteiger partial charge is 0.443 e. The van der Waals surface area contributed by atoms with Gasteiger partial charge >= 0.3 is 12.1 Å². The smallest absolute Gasteiger partial charge is 0.441 e. The molecule has 2 aromatic carbocycles. The van der Waals surface area contributed by atoms with Crippen molar-refractivity contribution in [3.63, 3.8) is 0 Å². The van der Waals surface area contributed by atoms with E-state index < -0.39 is 12.1 Å². The molecule has 5 nitrogen and oxygen atoms in total. The Balaban J connectivity index is 1.68. The van der Waals surface area contributed by atoms with Crippen LogP contribution in [-0.2, 0) is 27.4 Å². The summed E-state index contributed by atoms with van der Waals surface area (Å²) in [6, 6.07) is 18.3. The van der Waals surface area contributed by atoms with Gasteiger partial charge in [-0.1, -0.05) is 60.7 Å². The maximum Gasteiger partial charge on any atom is 0.441 e. The standard InChI is InChI=1S/C16H15NO4/c18-15(11-13-7-3-1-4-8-13)21-17-16(19)20-12-14-9-5-2-6-10-14/h1-10H,11-12H2,(H,17,19). The Morgan fingerprint density at radius 3 is 2.05 bits per heavy atom. The molecule has 0 aliphatic heterocycles. The number of amides is 1. The lowest BCUT2D eigenvalue weighted by atomic mass is 10.2. The van der Waals surface area contributed by atoms with Crippen molar-refractivity contribution in [2.24, 2.45) is 0 Å². The molecule has 0 aliphatic carbocycles. The van der Waals surface area contributed by atoms with Crippen molar-refractivity contribution in [1.29, 1.82) is 0 Å². The topological polar surface area (TPSA) is 64.6 Å². The van der Waals surface area contributed by atoms with E-state index in [2.05, 4.69) is 4.84 Å². The van der Waals surface area contributed by atoms with E-state index in [1.165, 1.54) is 0 Å². The Morgan fingerprint density at radius 1 is 0.857 bits per heavy atom. The predicted molar refractivity (Wildman–Crippen MR) is 76.0 cm³/mol. The molecule has 2 rings (SSSR count). The van der Waals surface area contributed by atoms with Crippen LogP contribution in [0.4, 0.5) is 4.79 Å². The van der Waals surface area contributed by atoms with E-state index in [9.17, 15) is 9.59 Å². The van der Waals surface area contributed by atoms with Crippen molar-refractivity contribution in [1.82, 2.24) is 5.48 Å². The number of nitrogens with one attached hydrogen (secondary N) is 1. The van der Waals surface area contributed by atoms with Gasteiger partial charge in [0.25, 0.3) is 0 Å². The van der Waals surface area contributed by atoms with E-state index >= 15 is 0 Å². The van der Waals surface area contributed by atoms with Crippen LogP contribution in [0, 0.1) is 0 Å². The molecule has 108 valence electrons. The zero-order chi connectivity index (χ0) is 14.9. The van der Waals surface area contributed by atoms with Gasteiger partial charge in [0.15, 0.2) is 0 Å². The summed E-state index contributed by atoms with van der Waals surface area (Å²) < 4.78 is 4.90. The fourth-order valence-electron chi connectivity index (χ4n) is 1.65. The number of carbonyl (C=O) groups is 2. The number of hydrogen-bond acceptors (Lipinski definition) is 4. The van der Waals surface area contributed by atoms with Gasteiger partial charge in [0.2, 0.25) is 0 Å². The first kappa shape index (κ1) is 14.6. The molecule has 0 atom stereocenters. The van der Waals surface area contributed by atoms with E-state index in [4.69, 9.17) is 4.74 Å². The summed E-state index contributed by atoms with van der Waals surface area (Å²) in [6.45, 7) is 0.114. The summed E-state index contributed by atoms with van der Waals surface area (Å²) in [5, 5.41) is 0. The van der Waals surface area contributed by atoms with Gasteiger partial charge in [-0.25, -0.2) is 9.59 Å². The molecule has 0 fully saturated rings. The average Bonchev–Trinajstić information content (AvgIpc) is 2.53. The quantitative estimate of drug-likeness (QED) is 0.877. The van der Waals surface area contributed by atoms with Crippen LogP contribution in [-0.4, -0.2) is 12.1 Å². The van der Waals surface area contributed by atoms with Crippen molar-refractivity contribution in [2.45, 2.75) is 13.0 Å². The lowest BCUT2D eigenvalue weighted by Crippen LogP contribution is -2.28. The molecule has 2 aromatic rings. The minimum absolute atomic E-state index is 0.0831. The summed E-state index contributed by atoms with van der Waals surface area (Å²) in [7, 11) is 0. The molecule has 0 aliphatic rings. The molecular weight excluding hydrogens is 270 g/mol. The van der Waals surface area contributed by atoms with Gasteiger partial charge in [0.1, 0.15) is 6.61 Å². The molecule has 0 bridgehead atoms. The van der Waals surface area contributed by atoms with Gasteiger partial charge in [-0.2, -0.15) is 0 Å². The normalized spacial score (nSPS) is 9.71. The van der Waals surface area contributed by atoms with Crippen LogP contribution in [0.3, 0.4) is 0 Å². The first-order valence-electron chi connectivity index (χ1n) is 6.44. The van der Waals surface area contributed by atoms with Gasteiger partial charge < -0.3 is 9.57 Å². The summed E-state index contributed by atoms with van der Waals surface area (Å²) in [5.41, 5.74) is 3.62. The van der Waals surface area contributed by atoms with Gasteiger partial charge in [-0.3, -0.25) is 0 Å². The first-order valence-corrected chi connectivity index (χ1v) is 6.44. The average molecular weight is 285 g/mol. The van der Waals surface area contributed by atoms with Crippen LogP contribution in [0.1, 0.15) is 11.1 Å². The van der Waals surface area contributed by atoms with Crippen molar-refractivity contribution in [3.8, 4) is 0 Å². The Kier molecular flexibility index (Phi) is 5.34. The van der Waals surface area contributed by atoms with Gasteiger partial charge in [0.05, 0.1) is 6.42 Å². The monoisotopic (exact) mass is 285 g/mol. The van der Waals surface area contributed by atoms with Crippen molar-refractivity contribution in [2.75, 3.05) is 0 Å². The fourth-order valence-corrected chi connectivity index (χ4v) is 1.65. The highest BCUT2D eigenvalue weighted by atomic mass is 16.7. The summed E-state index contributed by atoms with van der Waals surface area (Å²) >= 11 is 0. The summed E-state index contributed by atoms with van der Waals surface area (Å²) in [4.78, 5) is 27.5. The Labute approximate surface area is 122 Å². The second kappa shape index (κ2) is 7.69. The molecule has 0 spiro atoms. The zero-order valence-corrected chi connectivity index (χ0v) is 11.3. The van der Waals surface area contributed by atoms with E-state index in [1.54, 1.807) is 12.1 Å². The van der Waals surface area contributed by atoms with E-state index in [-0.39, 0.29) is 13.0 Å². The number of ether oxygens (including phenoxy) is 1. The Bertz CT molecular complexity index is 584. The van der Waals surface area contributed by atoms with Gasteiger partial charge in [-0.15, -0.1) is 5.48 Å². The highest BCUT2D eigenvalue weighted by Gasteiger charge is 2.08. The van der Waals surface area contributed by atoms with Crippen molar-refractivity contribution >= 4 is 12.1 Å². The van der Waals surface area contributed by atoms with Crippen LogP contribution in [0.5, 0.6) is 0 Å². The van der Waals surface area contributed by atoms with Gasteiger partial charge in [-0.05, 0) is 11.1 Å². The number of hydrogen-bond donors (Lipinski definition) is 1. The Morgan fingerprint density at radius 2 is 1.43 bits per heavy atom. The maximum absolute atomic E-state index is 11.5. The molecular formula is C16H15NO4. The lowest BCUT2D eigenvalue weighted by molar-refractivity contribution is -0.149. The molecule has 21 heavy (non-hydrogen) atoms. The van der Waals surface area contributed by atoms with Crippen LogP contribution < -0.4 is 5.48 Å². The lowest BCUT2D eigenvalue weighted by Gasteiger charge is -2.07. The minimum atomic E-state index is -0.805. The van der Waals surface area contributed by atoms with Crippen LogP contribution in [0.15, 0.2) is 60.7 Å².